The smallest absolute Gasteiger partial charge is 0.269 e. The van der Waals surface area contributed by atoms with Crippen molar-refractivity contribution in [2.24, 2.45) is 0 Å². The number of rotatable bonds is 5. The van der Waals surface area contributed by atoms with Gasteiger partial charge < -0.3 is 9.72 Å². The van der Waals surface area contributed by atoms with E-state index in [-0.39, 0.29) is 5.69 Å². The molecule has 0 unspecified atom stereocenters. The van der Waals surface area contributed by atoms with Gasteiger partial charge in [0.25, 0.3) is 5.69 Å². The normalized spacial score (nSPS) is 11.0. The molecule has 0 fully saturated rings. The van der Waals surface area contributed by atoms with Crippen LogP contribution in [0.1, 0.15) is 11.1 Å². The average molecular weight is 363 g/mol. The molecule has 0 aliphatic carbocycles. The quantitative estimate of drug-likeness (QED) is 0.430. The second kappa shape index (κ2) is 6.56. The fourth-order valence-electron chi connectivity index (χ4n) is 3.02. The van der Waals surface area contributed by atoms with Crippen LogP contribution in [0, 0.1) is 17.0 Å². The van der Waals surface area contributed by atoms with Crippen molar-refractivity contribution in [1.82, 2.24) is 19.7 Å². The summed E-state index contributed by atoms with van der Waals surface area (Å²) in [6.45, 7) is 2.41. The third-order valence-corrected chi connectivity index (χ3v) is 4.45. The summed E-state index contributed by atoms with van der Waals surface area (Å²) in [5.74, 6) is 1.47. The second-order valence-electron chi connectivity index (χ2n) is 6.23. The van der Waals surface area contributed by atoms with Crippen LogP contribution in [0.2, 0.25) is 0 Å². The third kappa shape index (κ3) is 3.12. The van der Waals surface area contributed by atoms with Gasteiger partial charge in [-0.25, -0.2) is 9.67 Å². The Morgan fingerprint density at radius 1 is 1.22 bits per heavy atom. The van der Waals surface area contributed by atoms with Crippen molar-refractivity contribution in [2.75, 3.05) is 7.11 Å². The van der Waals surface area contributed by atoms with Gasteiger partial charge in [-0.15, -0.1) is 0 Å². The largest absolute Gasteiger partial charge is 0.497 e. The number of non-ortho nitro benzene ring substituents is 1. The van der Waals surface area contributed by atoms with E-state index >= 15 is 0 Å². The first-order chi connectivity index (χ1) is 13.0. The summed E-state index contributed by atoms with van der Waals surface area (Å²) >= 11 is 0. The van der Waals surface area contributed by atoms with Crippen molar-refractivity contribution in [1.29, 1.82) is 0 Å². The number of nitrogens with zero attached hydrogens (tertiary/aromatic N) is 4. The van der Waals surface area contributed by atoms with Gasteiger partial charge in [0.05, 0.1) is 24.8 Å². The molecule has 2 aromatic heterocycles. The zero-order valence-electron chi connectivity index (χ0n) is 14.8. The van der Waals surface area contributed by atoms with Gasteiger partial charge in [-0.1, -0.05) is 12.1 Å². The molecule has 0 bridgehead atoms. The first-order valence-corrected chi connectivity index (χ1v) is 8.35. The lowest BCUT2D eigenvalue weighted by molar-refractivity contribution is -0.384. The van der Waals surface area contributed by atoms with Crippen molar-refractivity contribution in [3.05, 3.63) is 69.9 Å². The van der Waals surface area contributed by atoms with Crippen LogP contribution in [0.25, 0.3) is 22.6 Å². The minimum atomic E-state index is -0.401. The summed E-state index contributed by atoms with van der Waals surface area (Å²) in [6, 6.07) is 12.5. The molecule has 0 saturated heterocycles. The molecule has 0 amide bonds. The molecular weight excluding hydrogens is 346 g/mol. The predicted octanol–water partition coefficient (Wildman–Crippen LogP) is 3.70. The number of hydrogen-bond acceptors (Lipinski definition) is 5. The number of methoxy groups -OCH3 is 1. The molecule has 0 atom stereocenters. The number of hydrogen-bond donors (Lipinski definition) is 1. The topological polar surface area (TPSA) is 98.9 Å². The number of nitrogens with one attached hydrogen (secondary N) is 1. The van der Waals surface area contributed by atoms with Gasteiger partial charge in [-0.2, -0.15) is 5.10 Å². The minimum Gasteiger partial charge on any atom is -0.497 e. The van der Waals surface area contributed by atoms with Gasteiger partial charge in [0.1, 0.15) is 17.1 Å². The monoisotopic (exact) mass is 363 g/mol. The maximum atomic E-state index is 10.9. The Bertz CT molecular complexity index is 1130. The number of imidazole rings is 1. The molecule has 8 heteroatoms. The zero-order chi connectivity index (χ0) is 19.0. The fourth-order valence-corrected chi connectivity index (χ4v) is 3.02. The number of ether oxygens (including phenoxy) is 1. The number of aryl methyl sites for hydroxylation is 1. The fraction of sp³-hybridized carbons (Fsp3) is 0.158. The Labute approximate surface area is 154 Å². The number of benzene rings is 2. The number of nitro groups is 1. The van der Waals surface area contributed by atoms with Crippen LogP contribution in [0.4, 0.5) is 5.69 Å². The van der Waals surface area contributed by atoms with Crippen molar-refractivity contribution < 1.29 is 9.66 Å². The Morgan fingerprint density at radius 3 is 2.67 bits per heavy atom. The summed E-state index contributed by atoms with van der Waals surface area (Å²) in [7, 11) is 1.64. The van der Waals surface area contributed by atoms with E-state index in [0.717, 1.165) is 33.6 Å². The minimum absolute atomic E-state index is 0.0676. The highest BCUT2D eigenvalue weighted by atomic mass is 16.6. The highest BCUT2D eigenvalue weighted by molar-refractivity contribution is 5.77. The molecule has 0 aliphatic heterocycles. The zero-order valence-corrected chi connectivity index (χ0v) is 14.8. The van der Waals surface area contributed by atoms with Crippen LogP contribution in [0.15, 0.2) is 48.7 Å². The van der Waals surface area contributed by atoms with E-state index < -0.39 is 4.92 Å². The summed E-state index contributed by atoms with van der Waals surface area (Å²) in [5.41, 5.74) is 4.31. The van der Waals surface area contributed by atoms with Gasteiger partial charge in [-0.3, -0.25) is 10.1 Å². The Kier molecular flexibility index (Phi) is 4.08. The van der Waals surface area contributed by atoms with E-state index in [9.17, 15) is 10.1 Å². The third-order valence-electron chi connectivity index (χ3n) is 4.45. The lowest BCUT2D eigenvalue weighted by Crippen LogP contribution is -2.02. The van der Waals surface area contributed by atoms with Crippen molar-refractivity contribution in [3.8, 4) is 17.1 Å². The van der Waals surface area contributed by atoms with E-state index in [4.69, 9.17) is 4.74 Å². The Hall–Kier alpha value is -3.68. The molecule has 4 aromatic rings. The summed E-state index contributed by atoms with van der Waals surface area (Å²) in [4.78, 5) is 18.4. The lowest BCUT2D eigenvalue weighted by atomic mass is 10.1. The van der Waals surface area contributed by atoms with E-state index in [0.29, 0.717) is 12.4 Å². The SMILES string of the molecule is COc1ccc(Cn2ncc3[nH]c(-c4ccc([N+](=O)[O-])cc4C)nc32)cc1. The summed E-state index contributed by atoms with van der Waals surface area (Å²) in [5, 5.41) is 15.3. The molecule has 4 rings (SSSR count). The number of H-pyrrole nitrogens is 1. The molecule has 2 aromatic carbocycles. The number of aromatic amines is 1. The van der Waals surface area contributed by atoms with Crippen LogP contribution < -0.4 is 4.74 Å². The Balaban J connectivity index is 1.66. The summed E-state index contributed by atoms with van der Waals surface area (Å²) < 4.78 is 7.00. The van der Waals surface area contributed by atoms with Crippen molar-refractivity contribution >= 4 is 16.9 Å². The second-order valence-corrected chi connectivity index (χ2v) is 6.23. The molecular formula is C19H17N5O3. The number of aromatic nitrogens is 4. The van der Waals surface area contributed by atoms with Crippen LogP contribution in [0.5, 0.6) is 5.75 Å². The van der Waals surface area contributed by atoms with Crippen LogP contribution >= 0.6 is 0 Å². The number of nitro benzene ring substituents is 1. The Morgan fingerprint density at radius 2 is 2.00 bits per heavy atom. The van der Waals surface area contributed by atoms with Gasteiger partial charge >= 0.3 is 0 Å². The van der Waals surface area contributed by atoms with Gasteiger partial charge in [0.15, 0.2) is 5.65 Å². The molecule has 0 aliphatic rings. The maximum Gasteiger partial charge on any atom is 0.269 e. The van der Waals surface area contributed by atoms with E-state index in [2.05, 4.69) is 15.1 Å². The van der Waals surface area contributed by atoms with E-state index in [1.54, 1.807) is 25.4 Å². The average Bonchev–Trinajstić information content (AvgIpc) is 3.24. The standard InChI is InChI=1S/C19H17N5O3/c1-12-9-14(24(25)26)5-8-16(12)18-21-17-10-20-23(19(17)22-18)11-13-3-6-15(27-2)7-4-13/h3-10H,11H2,1-2H3,(H,21,22). The summed E-state index contributed by atoms with van der Waals surface area (Å²) in [6.07, 6.45) is 1.73. The van der Waals surface area contributed by atoms with Crippen LogP contribution in [-0.2, 0) is 6.54 Å². The van der Waals surface area contributed by atoms with E-state index in [1.165, 1.54) is 6.07 Å². The van der Waals surface area contributed by atoms with Gasteiger partial charge in [0, 0.05) is 17.7 Å². The predicted molar refractivity (Wildman–Crippen MR) is 101 cm³/mol. The molecule has 2 heterocycles. The molecule has 1 N–H and O–H groups in total. The highest BCUT2D eigenvalue weighted by Gasteiger charge is 2.15. The van der Waals surface area contributed by atoms with Crippen LogP contribution in [0.3, 0.4) is 0 Å². The molecule has 0 saturated carbocycles. The van der Waals surface area contributed by atoms with Crippen molar-refractivity contribution in [3.63, 3.8) is 0 Å². The molecule has 136 valence electrons. The molecule has 27 heavy (non-hydrogen) atoms. The maximum absolute atomic E-state index is 10.9. The van der Waals surface area contributed by atoms with Crippen LogP contribution in [-0.4, -0.2) is 31.8 Å². The van der Waals surface area contributed by atoms with E-state index in [1.807, 2.05) is 35.9 Å². The lowest BCUT2D eigenvalue weighted by Gasteiger charge is -2.04. The van der Waals surface area contributed by atoms with Crippen molar-refractivity contribution in [2.45, 2.75) is 13.5 Å². The molecule has 8 nitrogen and oxygen atoms in total. The van der Waals surface area contributed by atoms with Gasteiger partial charge in [-0.05, 0) is 36.2 Å². The number of fused-ring (bicyclic) bond motifs is 1. The molecule has 0 spiro atoms. The van der Waals surface area contributed by atoms with Gasteiger partial charge in [0.2, 0.25) is 0 Å². The highest BCUT2D eigenvalue weighted by Crippen LogP contribution is 2.27. The molecule has 0 radical (unpaired) electrons. The first kappa shape index (κ1) is 16.8. The first-order valence-electron chi connectivity index (χ1n) is 8.35.